The molecule has 1 aliphatic carbocycles. The van der Waals surface area contributed by atoms with E-state index in [0.29, 0.717) is 11.8 Å². The largest absolute Gasteiger partial charge is 0.338 e. The third kappa shape index (κ3) is 1.98. The van der Waals surface area contributed by atoms with Crippen LogP contribution in [0.2, 0.25) is 0 Å². The van der Waals surface area contributed by atoms with Crippen LogP contribution >= 0.6 is 0 Å². The van der Waals surface area contributed by atoms with E-state index < -0.39 is 10.8 Å². The number of nitrogens with two attached hydrogens (primary N) is 1. The van der Waals surface area contributed by atoms with Crippen LogP contribution in [0.15, 0.2) is 0 Å². The third-order valence-electron chi connectivity index (χ3n) is 2.90. The van der Waals surface area contributed by atoms with Crippen LogP contribution in [0.3, 0.4) is 0 Å². The van der Waals surface area contributed by atoms with Crippen molar-refractivity contribution >= 4 is 16.7 Å². The van der Waals surface area contributed by atoms with Gasteiger partial charge in [0.2, 0.25) is 5.91 Å². The smallest absolute Gasteiger partial charge is 0.235 e. The maximum atomic E-state index is 11.6. The molecule has 80 valence electrons. The molecule has 2 N–H and O–H groups in total. The Bertz CT molecular complexity index is 264. The number of hydrogen-bond acceptors (Lipinski definition) is 3. The lowest BCUT2D eigenvalue weighted by molar-refractivity contribution is -0.135. The Balaban J connectivity index is 1.80. The molecule has 1 heterocycles. The molecule has 2 unspecified atom stereocenters. The molecule has 1 saturated heterocycles. The summed E-state index contributed by atoms with van der Waals surface area (Å²) in [5, 5.41) is 0.302. The zero-order chi connectivity index (χ0) is 10.1. The Morgan fingerprint density at radius 1 is 1.43 bits per heavy atom. The second-order valence-corrected chi connectivity index (χ2v) is 5.71. The van der Waals surface area contributed by atoms with Crippen molar-refractivity contribution in [3.63, 3.8) is 0 Å². The van der Waals surface area contributed by atoms with Gasteiger partial charge in [0.1, 0.15) is 5.75 Å². The summed E-state index contributed by atoms with van der Waals surface area (Å²) in [5.74, 6) is 0.234. The summed E-state index contributed by atoms with van der Waals surface area (Å²) < 4.78 is 11.5. The van der Waals surface area contributed by atoms with Gasteiger partial charge in [0.05, 0.1) is 0 Å². The van der Waals surface area contributed by atoms with Crippen molar-refractivity contribution in [3.8, 4) is 0 Å². The summed E-state index contributed by atoms with van der Waals surface area (Å²) in [5.41, 5.74) is 5.50. The maximum absolute atomic E-state index is 11.6. The lowest BCUT2D eigenvalue weighted by Crippen LogP contribution is -2.55. The van der Waals surface area contributed by atoms with Gasteiger partial charge in [-0.25, -0.2) is 0 Å². The lowest BCUT2D eigenvalue weighted by atomic mass is 10.0. The van der Waals surface area contributed by atoms with Gasteiger partial charge in [-0.15, -0.1) is 0 Å². The molecule has 0 aromatic carbocycles. The Morgan fingerprint density at radius 3 is 2.57 bits per heavy atom. The highest BCUT2D eigenvalue weighted by Gasteiger charge is 2.35. The predicted octanol–water partition coefficient (Wildman–Crippen LogP) is -0.543. The van der Waals surface area contributed by atoms with Gasteiger partial charge >= 0.3 is 0 Å². The normalized spacial score (nSPS) is 28.4. The molecule has 4 nitrogen and oxygen atoms in total. The Kier molecular flexibility index (Phi) is 2.88. The third-order valence-corrected chi connectivity index (χ3v) is 4.64. The summed E-state index contributed by atoms with van der Waals surface area (Å²) in [7, 11) is -0.928. The molecule has 1 amide bonds. The van der Waals surface area contributed by atoms with Crippen LogP contribution in [-0.2, 0) is 15.6 Å². The minimum absolute atomic E-state index is 0.0249. The molecule has 0 aromatic rings. The molecule has 2 atom stereocenters. The second-order valence-electron chi connectivity index (χ2n) is 3.99. The second kappa shape index (κ2) is 3.98. The van der Waals surface area contributed by atoms with Crippen molar-refractivity contribution in [1.29, 1.82) is 0 Å². The van der Waals surface area contributed by atoms with Crippen LogP contribution in [0.5, 0.6) is 0 Å². The van der Waals surface area contributed by atoms with Crippen LogP contribution in [0.4, 0.5) is 0 Å². The van der Waals surface area contributed by atoms with E-state index in [9.17, 15) is 9.00 Å². The first-order chi connectivity index (χ1) is 6.72. The first-order valence-electron chi connectivity index (χ1n) is 5.09. The highest BCUT2D eigenvalue weighted by atomic mass is 32.2. The average Bonchev–Trinajstić information content (AvgIpc) is 2.84. The van der Waals surface area contributed by atoms with Crippen LogP contribution < -0.4 is 5.73 Å². The van der Waals surface area contributed by atoms with Crippen molar-refractivity contribution in [2.75, 3.05) is 18.8 Å². The zero-order valence-electron chi connectivity index (χ0n) is 8.15. The number of carbonyl (C=O) groups excluding carboxylic acids is 1. The van der Waals surface area contributed by atoms with Crippen LogP contribution in [0, 0.1) is 0 Å². The van der Waals surface area contributed by atoms with Gasteiger partial charge in [0, 0.05) is 35.2 Å². The Morgan fingerprint density at radius 2 is 2.14 bits per heavy atom. The molecule has 1 aliphatic heterocycles. The number of carbonyl (C=O) groups is 1. The van der Waals surface area contributed by atoms with E-state index in [1.165, 1.54) is 0 Å². The van der Waals surface area contributed by atoms with Crippen molar-refractivity contribution < 1.29 is 9.00 Å². The molecule has 0 spiro atoms. The van der Waals surface area contributed by atoms with Gasteiger partial charge in [0.15, 0.2) is 0 Å². The first kappa shape index (κ1) is 10.1. The molecular weight excluding hydrogens is 200 g/mol. The predicted molar refractivity (Wildman–Crippen MR) is 55.2 cm³/mol. The molecular formula is C9H16N2O2S. The highest BCUT2D eigenvalue weighted by Crippen LogP contribution is 2.27. The van der Waals surface area contributed by atoms with Crippen LogP contribution in [0.1, 0.15) is 19.3 Å². The average molecular weight is 216 g/mol. The minimum atomic E-state index is -0.928. The SMILES string of the molecule is NCC1CCN1C(=O)CS(=O)C1CC1. The van der Waals surface area contributed by atoms with E-state index in [-0.39, 0.29) is 17.7 Å². The Hall–Kier alpha value is -0.420. The molecule has 2 rings (SSSR count). The van der Waals surface area contributed by atoms with Crippen molar-refractivity contribution in [3.05, 3.63) is 0 Å². The molecule has 2 aliphatic rings. The van der Waals surface area contributed by atoms with E-state index >= 15 is 0 Å². The Labute approximate surface area is 86.3 Å². The topological polar surface area (TPSA) is 63.4 Å². The van der Waals surface area contributed by atoms with Gasteiger partial charge in [-0.2, -0.15) is 0 Å². The molecule has 0 aromatic heterocycles. The van der Waals surface area contributed by atoms with Gasteiger partial charge in [-0.3, -0.25) is 9.00 Å². The number of likely N-dealkylation sites (tertiary alicyclic amines) is 1. The summed E-state index contributed by atoms with van der Waals surface area (Å²) >= 11 is 0. The quantitative estimate of drug-likeness (QED) is 0.686. The fourth-order valence-electron chi connectivity index (χ4n) is 1.67. The van der Waals surface area contributed by atoms with Gasteiger partial charge in [0.25, 0.3) is 0 Å². The first-order valence-corrected chi connectivity index (χ1v) is 6.47. The fraction of sp³-hybridized carbons (Fsp3) is 0.889. The number of hydrogen-bond donors (Lipinski definition) is 1. The van der Waals surface area contributed by atoms with Crippen molar-refractivity contribution in [2.45, 2.75) is 30.6 Å². The fourth-order valence-corrected chi connectivity index (χ4v) is 2.97. The van der Waals surface area contributed by atoms with E-state index in [2.05, 4.69) is 0 Å². The zero-order valence-corrected chi connectivity index (χ0v) is 8.96. The van der Waals surface area contributed by atoms with Crippen molar-refractivity contribution in [1.82, 2.24) is 4.90 Å². The standard InChI is InChI=1S/C9H16N2O2S/c10-5-7-3-4-11(7)9(12)6-14(13)8-1-2-8/h7-8H,1-6,10H2. The monoisotopic (exact) mass is 216 g/mol. The summed E-state index contributed by atoms with van der Waals surface area (Å²) in [6.07, 6.45) is 3.05. The van der Waals surface area contributed by atoms with Gasteiger partial charge < -0.3 is 10.6 Å². The molecule has 2 fully saturated rings. The minimum Gasteiger partial charge on any atom is -0.338 e. The number of nitrogens with zero attached hydrogens (tertiary/aromatic N) is 1. The summed E-state index contributed by atoms with van der Waals surface area (Å²) in [6.45, 7) is 1.32. The van der Waals surface area contributed by atoms with Crippen LogP contribution in [0.25, 0.3) is 0 Å². The molecule has 0 radical (unpaired) electrons. The number of amides is 1. The van der Waals surface area contributed by atoms with Crippen LogP contribution in [-0.4, -0.2) is 45.2 Å². The highest BCUT2D eigenvalue weighted by molar-refractivity contribution is 7.86. The summed E-state index contributed by atoms with van der Waals surface area (Å²) in [4.78, 5) is 13.4. The molecule has 1 saturated carbocycles. The van der Waals surface area contributed by atoms with Gasteiger partial charge in [-0.1, -0.05) is 0 Å². The van der Waals surface area contributed by atoms with E-state index in [1.54, 1.807) is 4.90 Å². The molecule has 14 heavy (non-hydrogen) atoms. The lowest BCUT2D eigenvalue weighted by Gasteiger charge is -2.40. The van der Waals surface area contributed by atoms with Gasteiger partial charge in [-0.05, 0) is 19.3 Å². The maximum Gasteiger partial charge on any atom is 0.235 e. The van der Waals surface area contributed by atoms with E-state index in [4.69, 9.17) is 5.73 Å². The molecule has 5 heteroatoms. The van der Waals surface area contributed by atoms with E-state index in [1.807, 2.05) is 0 Å². The summed E-state index contributed by atoms with van der Waals surface area (Å²) in [6, 6.07) is 0.207. The number of rotatable bonds is 4. The van der Waals surface area contributed by atoms with E-state index in [0.717, 1.165) is 25.8 Å². The molecule has 0 bridgehead atoms. The van der Waals surface area contributed by atoms with Crippen molar-refractivity contribution in [2.24, 2.45) is 5.73 Å².